The Morgan fingerprint density at radius 2 is 1.93 bits per heavy atom. The van der Waals surface area contributed by atoms with E-state index < -0.39 is 5.54 Å². The van der Waals surface area contributed by atoms with Gasteiger partial charge in [0.2, 0.25) is 5.91 Å². The lowest BCUT2D eigenvalue weighted by Gasteiger charge is -2.57. The van der Waals surface area contributed by atoms with Crippen molar-refractivity contribution >= 4 is 5.91 Å². The fourth-order valence-corrected chi connectivity index (χ4v) is 4.41. The van der Waals surface area contributed by atoms with Crippen molar-refractivity contribution in [2.75, 3.05) is 26.2 Å². The molecule has 150 valence electrons. The molecular weight excluding hydrogens is 338 g/mol. The summed E-state index contributed by atoms with van der Waals surface area (Å²) in [4.78, 5) is 15.3. The van der Waals surface area contributed by atoms with Crippen LogP contribution in [-0.4, -0.2) is 48.7 Å². The second-order valence-electron chi connectivity index (χ2n) is 8.76. The molecule has 5 nitrogen and oxygen atoms in total. The Bertz CT molecular complexity index is 626. The summed E-state index contributed by atoms with van der Waals surface area (Å²) in [5, 5.41) is 3.14. The summed E-state index contributed by atoms with van der Waals surface area (Å²) >= 11 is 0. The van der Waals surface area contributed by atoms with E-state index in [-0.39, 0.29) is 17.4 Å². The molecule has 1 saturated carbocycles. The number of amides is 1. The Labute approximate surface area is 163 Å². The molecule has 1 aliphatic heterocycles. The first-order valence-electron chi connectivity index (χ1n) is 10.3. The van der Waals surface area contributed by atoms with Crippen molar-refractivity contribution in [3.63, 3.8) is 0 Å². The van der Waals surface area contributed by atoms with Crippen molar-refractivity contribution in [1.29, 1.82) is 0 Å². The largest absolute Gasteiger partial charge is 0.378 e. The fraction of sp³-hybridized carbons (Fsp3) is 0.682. The van der Waals surface area contributed by atoms with E-state index in [4.69, 9.17) is 10.5 Å². The Hall–Kier alpha value is -1.43. The second-order valence-corrected chi connectivity index (χ2v) is 8.76. The monoisotopic (exact) mass is 373 g/mol. The molecule has 1 amide bonds. The maximum Gasteiger partial charge on any atom is 0.240 e. The van der Waals surface area contributed by atoms with Gasteiger partial charge in [-0.1, -0.05) is 44.2 Å². The van der Waals surface area contributed by atoms with Crippen LogP contribution < -0.4 is 11.1 Å². The van der Waals surface area contributed by atoms with Crippen molar-refractivity contribution in [3.05, 3.63) is 35.9 Å². The number of likely N-dealkylation sites (tertiary alicyclic amines) is 1. The highest BCUT2D eigenvalue weighted by Crippen LogP contribution is 2.49. The van der Waals surface area contributed by atoms with E-state index >= 15 is 0 Å². The molecule has 0 aromatic heterocycles. The number of nitrogens with two attached hydrogens (primary N) is 1. The highest BCUT2D eigenvalue weighted by atomic mass is 16.5. The third kappa shape index (κ3) is 4.20. The highest BCUT2D eigenvalue weighted by Gasteiger charge is 2.62. The highest BCUT2D eigenvalue weighted by molar-refractivity contribution is 5.88. The van der Waals surface area contributed by atoms with Crippen molar-refractivity contribution < 1.29 is 9.53 Å². The first kappa shape index (κ1) is 20.3. The van der Waals surface area contributed by atoms with Crippen LogP contribution in [0.5, 0.6) is 0 Å². The molecule has 3 N–H and O–H groups in total. The lowest BCUT2D eigenvalue weighted by molar-refractivity contribution is -0.170. The van der Waals surface area contributed by atoms with E-state index in [1.54, 1.807) is 0 Å². The van der Waals surface area contributed by atoms with Gasteiger partial charge in [0, 0.05) is 31.5 Å². The standard InChI is InChI=1S/C22H35N3O2/c1-4-27-19-14-22(23,21(19,2)3)20(26)24-15-17-10-12-25(13-11-17)16-18-8-6-5-7-9-18/h5-9,17,19H,4,10-16,23H2,1-3H3,(H,24,26). The predicted molar refractivity (Wildman–Crippen MR) is 108 cm³/mol. The van der Waals surface area contributed by atoms with Gasteiger partial charge in [0.05, 0.1) is 6.10 Å². The molecule has 2 aliphatic rings. The van der Waals surface area contributed by atoms with Gasteiger partial charge in [-0.15, -0.1) is 0 Å². The number of hydrogen-bond acceptors (Lipinski definition) is 4. The van der Waals surface area contributed by atoms with Gasteiger partial charge in [0.25, 0.3) is 0 Å². The molecule has 2 atom stereocenters. The first-order valence-corrected chi connectivity index (χ1v) is 10.3. The van der Waals surface area contributed by atoms with Crippen LogP contribution >= 0.6 is 0 Å². The summed E-state index contributed by atoms with van der Waals surface area (Å²) in [7, 11) is 0. The lowest BCUT2D eigenvalue weighted by atomic mass is 9.54. The van der Waals surface area contributed by atoms with Crippen molar-refractivity contribution in [3.8, 4) is 0 Å². The third-order valence-corrected chi connectivity index (χ3v) is 6.74. The van der Waals surface area contributed by atoms with Gasteiger partial charge in [-0.25, -0.2) is 0 Å². The summed E-state index contributed by atoms with van der Waals surface area (Å²) in [5.74, 6) is 0.519. The van der Waals surface area contributed by atoms with E-state index in [1.807, 2.05) is 20.8 Å². The lowest BCUT2D eigenvalue weighted by Crippen LogP contribution is -2.75. The average Bonchev–Trinajstić information content (AvgIpc) is 2.67. The van der Waals surface area contributed by atoms with Gasteiger partial charge in [-0.3, -0.25) is 9.69 Å². The maximum atomic E-state index is 12.8. The molecule has 1 aromatic carbocycles. The summed E-state index contributed by atoms with van der Waals surface area (Å²) in [6.07, 6.45) is 2.92. The van der Waals surface area contributed by atoms with E-state index in [2.05, 4.69) is 40.5 Å². The molecule has 27 heavy (non-hydrogen) atoms. The zero-order valence-corrected chi connectivity index (χ0v) is 17.0. The molecule has 0 bridgehead atoms. The summed E-state index contributed by atoms with van der Waals surface area (Å²) < 4.78 is 5.73. The van der Waals surface area contributed by atoms with Gasteiger partial charge >= 0.3 is 0 Å². The first-order chi connectivity index (χ1) is 12.9. The number of benzene rings is 1. The number of rotatable bonds is 7. The number of nitrogens with one attached hydrogen (secondary N) is 1. The average molecular weight is 374 g/mol. The molecule has 1 aromatic rings. The molecule has 2 unspecified atom stereocenters. The van der Waals surface area contributed by atoms with Crippen LogP contribution in [0.2, 0.25) is 0 Å². The molecule has 1 aliphatic carbocycles. The summed E-state index contributed by atoms with van der Waals surface area (Å²) in [6, 6.07) is 10.6. The van der Waals surface area contributed by atoms with E-state index in [1.165, 1.54) is 5.56 Å². The number of hydrogen-bond donors (Lipinski definition) is 2. The van der Waals surface area contributed by atoms with Gasteiger partial charge in [-0.05, 0) is 44.3 Å². The van der Waals surface area contributed by atoms with Crippen LogP contribution in [0.4, 0.5) is 0 Å². The van der Waals surface area contributed by atoms with Crippen LogP contribution in [-0.2, 0) is 16.1 Å². The van der Waals surface area contributed by atoms with Crippen molar-refractivity contribution in [2.45, 2.75) is 58.2 Å². The maximum absolute atomic E-state index is 12.8. The molecule has 2 fully saturated rings. The normalized spacial score (nSPS) is 28.5. The van der Waals surface area contributed by atoms with Crippen LogP contribution in [0.25, 0.3) is 0 Å². The van der Waals surface area contributed by atoms with Gasteiger partial charge < -0.3 is 15.8 Å². The Balaban J connectivity index is 1.42. The predicted octanol–water partition coefficient (Wildman–Crippen LogP) is 2.55. The molecular formula is C22H35N3O2. The molecule has 5 heteroatoms. The van der Waals surface area contributed by atoms with Gasteiger partial charge in [0.1, 0.15) is 5.54 Å². The van der Waals surface area contributed by atoms with Crippen LogP contribution in [0.1, 0.15) is 45.6 Å². The van der Waals surface area contributed by atoms with Crippen molar-refractivity contribution in [1.82, 2.24) is 10.2 Å². The summed E-state index contributed by atoms with van der Waals surface area (Å²) in [6.45, 7) is 10.6. The zero-order valence-electron chi connectivity index (χ0n) is 17.0. The molecule has 0 radical (unpaired) electrons. The zero-order chi connectivity index (χ0) is 19.5. The molecule has 1 saturated heterocycles. The minimum Gasteiger partial charge on any atom is -0.378 e. The van der Waals surface area contributed by atoms with Crippen LogP contribution in [0.15, 0.2) is 30.3 Å². The van der Waals surface area contributed by atoms with Gasteiger partial charge in [-0.2, -0.15) is 0 Å². The number of carbonyl (C=O) groups excluding carboxylic acids is 1. The number of nitrogens with zero attached hydrogens (tertiary/aromatic N) is 1. The minimum absolute atomic E-state index is 0.0184. The molecule has 0 spiro atoms. The minimum atomic E-state index is -0.819. The topological polar surface area (TPSA) is 67.6 Å². The van der Waals surface area contributed by atoms with E-state index in [9.17, 15) is 4.79 Å². The number of piperidine rings is 1. The van der Waals surface area contributed by atoms with E-state index in [0.717, 1.165) is 39.0 Å². The number of carbonyl (C=O) groups is 1. The van der Waals surface area contributed by atoms with Gasteiger partial charge in [0.15, 0.2) is 0 Å². The molecule has 1 heterocycles. The quantitative estimate of drug-likeness (QED) is 0.771. The smallest absolute Gasteiger partial charge is 0.240 e. The molecule has 3 rings (SSSR count). The van der Waals surface area contributed by atoms with E-state index in [0.29, 0.717) is 18.9 Å². The van der Waals surface area contributed by atoms with Crippen LogP contribution in [0.3, 0.4) is 0 Å². The number of ether oxygens (including phenoxy) is 1. The Kier molecular flexibility index (Phi) is 6.24. The Morgan fingerprint density at radius 3 is 2.52 bits per heavy atom. The fourth-order valence-electron chi connectivity index (χ4n) is 4.41. The van der Waals surface area contributed by atoms with Crippen molar-refractivity contribution in [2.24, 2.45) is 17.1 Å². The summed E-state index contributed by atoms with van der Waals surface area (Å²) in [5.41, 5.74) is 6.69. The second kappa shape index (κ2) is 8.29. The Morgan fingerprint density at radius 1 is 1.26 bits per heavy atom. The third-order valence-electron chi connectivity index (χ3n) is 6.74. The SMILES string of the molecule is CCOC1CC(N)(C(=O)NCC2CCN(Cc3ccccc3)CC2)C1(C)C. The van der Waals surface area contributed by atoms with Crippen LogP contribution in [0, 0.1) is 11.3 Å².